The van der Waals surface area contributed by atoms with E-state index in [-0.39, 0.29) is 0 Å². The average molecular weight is 403 g/mol. The molecule has 2 rings (SSSR count). The Kier molecular flexibility index (Phi) is 3.93. The predicted molar refractivity (Wildman–Crippen MR) is 85.7 cm³/mol. The molecule has 0 unspecified atom stereocenters. The summed E-state index contributed by atoms with van der Waals surface area (Å²) < 4.78 is 2.17. The minimum absolute atomic E-state index is 0.754. The van der Waals surface area contributed by atoms with Crippen LogP contribution in [0.5, 0.6) is 0 Å². The topological polar surface area (TPSA) is 38.0 Å². The van der Waals surface area contributed by atoms with Crippen molar-refractivity contribution in [2.45, 2.75) is 6.92 Å². The standard InChI is InChI=1S/C13H12BrIN2/c1-8-2-4-12(10(14)6-8)17-13-5-3-9(15)7-11(13)16/h2-7,17H,16H2,1H3. The monoisotopic (exact) mass is 402 g/mol. The van der Waals surface area contributed by atoms with Crippen LogP contribution in [0.1, 0.15) is 5.56 Å². The molecule has 2 nitrogen and oxygen atoms in total. The second-order valence-corrected chi connectivity index (χ2v) is 5.94. The lowest BCUT2D eigenvalue weighted by Crippen LogP contribution is -1.97. The van der Waals surface area contributed by atoms with Crippen LogP contribution in [0.2, 0.25) is 0 Å². The number of hydrogen-bond donors (Lipinski definition) is 2. The van der Waals surface area contributed by atoms with E-state index in [1.165, 1.54) is 5.56 Å². The van der Waals surface area contributed by atoms with E-state index in [9.17, 15) is 0 Å². The lowest BCUT2D eigenvalue weighted by molar-refractivity contribution is 1.43. The van der Waals surface area contributed by atoms with Crippen LogP contribution >= 0.6 is 38.5 Å². The number of nitrogens with two attached hydrogens (primary N) is 1. The van der Waals surface area contributed by atoms with Crippen molar-refractivity contribution in [3.63, 3.8) is 0 Å². The first-order valence-electron chi connectivity index (χ1n) is 5.14. The third-order valence-corrected chi connectivity index (χ3v) is 3.73. The largest absolute Gasteiger partial charge is 0.397 e. The Morgan fingerprint density at radius 3 is 2.47 bits per heavy atom. The van der Waals surface area contributed by atoms with Gasteiger partial charge in [0.25, 0.3) is 0 Å². The molecule has 2 aromatic carbocycles. The van der Waals surface area contributed by atoms with Crippen LogP contribution in [-0.4, -0.2) is 0 Å². The third-order valence-electron chi connectivity index (χ3n) is 2.41. The smallest absolute Gasteiger partial charge is 0.0618 e. The van der Waals surface area contributed by atoms with Crippen LogP contribution in [0.25, 0.3) is 0 Å². The molecule has 0 aliphatic carbocycles. The van der Waals surface area contributed by atoms with Gasteiger partial charge in [-0.05, 0) is 81.3 Å². The summed E-state index contributed by atoms with van der Waals surface area (Å²) in [5, 5.41) is 3.32. The summed E-state index contributed by atoms with van der Waals surface area (Å²) in [5.74, 6) is 0. The number of halogens is 2. The van der Waals surface area contributed by atoms with Crippen molar-refractivity contribution < 1.29 is 0 Å². The van der Waals surface area contributed by atoms with E-state index in [0.717, 1.165) is 25.1 Å². The molecule has 4 heteroatoms. The van der Waals surface area contributed by atoms with E-state index in [1.807, 2.05) is 24.3 Å². The van der Waals surface area contributed by atoms with Crippen molar-refractivity contribution in [1.82, 2.24) is 0 Å². The first-order valence-corrected chi connectivity index (χ1v) is 7.01. The van der Waals surface area contributed by atoms with Gasteiger partial charge in [-0.15, -0.1) is 0 Å². The van der Waals surface area contributed by atoms with Crippen LogP contribution in [0.3, 0.4) is 0 Å². The maximum absolute atomic E-state index is 5.97. The van der Waals surface area contributed by atoms with Crippen molar-refractivity contribution in [3.8, 4) is 0 Å². The second-order valence-electron chi connectivity index (χ2n) is 3.84. The Labute approximate surface area is 123 Å². The molecule has 0 radical (unpaired) electrons. The predicted octanol–water partition coefficient (Wildman–Crippen LogP) is 4.69. The van der Waals surface area contributed by atoms with Gasteiger partial charge in [-0.3, -0.25) is 0 Å². The number of nitrogen functional groups attached to an aromatic ring is 1. The molecule has 3 N–H and O–H groups in total. The van der Waals surface area contributed by atoms with Gasteiger partial charge in [0.05, 0.1) is 17.1 Å². The molecule has 0 heterocycles. The molecule has 17 heavy (non-hydrogen) atoms. The van der Waals surface area contributed by atoms with E-state index in [1.54, 1.807) is 0 Å². The minimum atomic E-state index is 0.754. The van der Waals surface area contributed by atoms with Crippen molar-refractivity contribution in [3.05, 3.63) is 50.0 Å². The van der Waals surface area contributed by atoms with E-state index in [0.29, 0.717) is 0 Å². The lowest BCUT2D eigenvalue weighted by atomic mass is 10.2. The first kappa shape index (κ1) is 12.7. The third kappa shape index (κ3) is 3.13. The normalized spacial score (nSPS) is 10.3. The fraction of sp³-hybridized carbons (Fsp3) is 0.0769. The van der Waals surface area contributed by atoms with Crippen LogP contribution in [0, 0.1) is 10.5 Å². The van der Waals surface area contributed by atoms with E-state index < -0.39 is 0 Å². The highest BCUT2D eigenvalue weighted by Gasteiger charge is 2.03. The molecule has 0 amide bonds. The number of rotatable bonds is 2. The minimum Gasteiger partial charge on any atom is -0.397 e. The quantitative estimate of drug-likeness (QED) is 0.565. The van der Waals surface area contributed by atoms with Gasteiger partial charge >= 0.3 is 0 Å². The summed E-state index contributed by atoms with van der Waals surface area (Å²) in [5.41, 5.74) is 9.88. The summed E-state index contributed by atoms with van der Waals surface area (Å²) in [6, 6.07) is 12.1. The van der Waals surface area contributed by atoms with E-state index in [4.69, 9.17) is 5.73 Å². The molecule has 88 valence electrons. The molecule has 0 aromatic heterocycles. The summed E-state index contributed by atoms with van der Waals surface area (Å²) >= 11 is 5.79. The Morgan fingerprint density at radius 1 is 1.12 bits per heavy atom. The van der Waals surface area contributed by atoms with Gasteiger partial charge in [-0.1, -0.05) is 6.07 Å². The van der Waals surface area contributed by atoms with Gasteiger partial charge in [0.1, 0.15) is 0 Å². The van der Waals surface area contributed by atoms with E-state index >= 15 is 0 Å². The molecule has 0 aliphatic rings. The molecule has 0 spiro atoms. The van der Waals surface area contributed by atoms with Crippen molar-refractivity contribution >= 4 is 55.6 Å². The van der Waals surface area contributed by atoms with Gasteiger partial charge in [0.15, 0.2) is 0 Å². The van der Waals surface area contributed by atoms with Crippen LogP contribution < -0.4 is 11.1 Å². The van der Waals surface area contributed by atoms with Gasteiger partial charge in [-0.25, -0.2) is 0 Å². The molecule has 0 fully saturated rings. The Hall–Kier alpha value is -0.750. The Bertz CT molecular complexity index is 506. The summed E-state index contributed by atoms with van der Waals surface area (Å²) in [7, 11) is 0. The highest BCUT2D eigenvalue weighted by atomic mass is 127. The van der Waals surface area contributed by atoms with E-state index in [2.05, 4.69) is 62.9 Å². The maximum Gasteiger partial charge on any atom is 0.0618 e. The van der Waals surface area contributed by atoms with Gasteiger partial charge < -0.3 is 11.1 Å². The van der Waals surface area contributed by atoms with Gasteiger partial charge in [-0.2, -0.15) is 0 Å². The van der Waals surface area contributed by atoms with Crippen molar-refractivity contribution in [2.75, 3.05) is 11.1 Å². The summed E-state index contributed by atoms with van der Waals surface area (Å²) in [4.78, 5) is 0. The average Bonchev–Trinajstić information content (AvgIpc) is 2.25. The zero-order chi connectivity index (χ0) is 12.4. The lowest BCUT2D eigenvalue weighted by Gasteiger charge is -2.11. The fourth-order valence-electron chi connectivity index (χ4n) is 1.51. The number of benzene rings is 2. The Balaban J connectivity index is 2.31. The molecule has 0 saturated carbocycles. The number of aryl methyl sites for hydroxylation is 1. The molecule has 0 aliphatic heterocycles. The molecule has 0 saturated heterocycles. The molecule has 0 bridgehead atoms. The Morgan fingerprint density at radius 2 is 1.82 bits per heavy atom. The van der Waals surface area contributed by atoms with Crippen molar-refractivity contribution in [1.29, 1.82) is 0 Å². The molecular weight excluding hydrogens is 391 g/mol. The zero-order valence-electron chi connectivity index (χ0n) is 9.30. The van der Waals surface area contributed by atoms with Gasteiger partial charge in [0.2, 0.25) is 0 Å². The maximum atomic E-state index is 5.97. The molecule has 2 aromatic rings. The molecule has 0 atom stereocenters. The fourth-order valence-corrected chi connectivity index (χ4v) is 2.62. The highest BCUT2D eigenvalue weighted by Crippen LogP contribution is 2.30. The van der Waals surface area contributed by atoms with Crippen LogP contribution in [-0.2, 0) is 0 Å². The van der Waals surface area contributed by atoms with Crippen LogP contribution in [0.4, 0.5) is 17.1 Å². The SMILES string of the molecule is Cc1ccc(Nc2ccc(I)cc2N)c(Br)c1. The van der Waals surface area contributed by atoms with Crippen LogP contribution in [0.15, 0.2) is 40.9 Å². The van der Waals surface area contributed by atoms with Crippen molar-refractivity contribution in [2.24, 2.45) is 0 Å². The summed E-state index contributed by atoms with van der Waals surface area (Å²) in [6.07, 6.45) is 0. The number of anilines is 3. The number of hydrogen-bond acceptors (Lipinski definition) is 2. The second kappa shape index (κ2) is 5.27. The summed E-state index contributed by atoms with van der Waals surface area (Å²) in [6.45, 7) is 2.06. The first-order chi connectivity index (χ1) is 8.06. The number of nitrogens with one attached hydrogen (secondary N) is 1. The molecular formula is C13H12BrIN2. The van der Waals surface area contributed by atoms with Gasteiger partial charge in [0, 0.05) is 8.04 Å². The highest BCUT2D eigenvalue weighted by molar-refractivity contribution is 14.1. The zero-order valence-corrected chi connectivity index (χ0v) is 13.0.